The monoisotopic (exact) mass is 372 g/mol. The van der Waals surface area contributed by atoms with Crippen LogP contribution in [-0.4, -0.2) is 10.8 Å². The molecule has 2 aromatic carbocycles. The van der Waals surface area contributed by atoms with E-state index in [1.54, 1.807) is 36.4 Å². The third-order valence-electron chi connectivity index (χ3n) is 3.41. The molecule has 132 valence electrons. The van der Waals surface area contributed by atoms with Gasteiger partial charge in [-0.25, -0.2) is 0 Å². The highest BCUT2D eigenvalue weighted by atomic mass is 35.5. The van der Waals surface area contributed by atoms with Gasteiger partial charge in [0.25, 0.3) is 11.6 Å². The van der Waals surface area contributed by atoms with E-state index in [1.165, 1.54) is 24.3 Å². The Labute approximate surface area is 153 Å². The summed E-state index contributed by atoms with van der Waals surface area (Å²) in [6.07, 6.45) is 0. The second-order valence-electron chi connectivity index (χ2n) is 5.24. The predicted octanol–water partition coefficient (Wildman–Crippen LogP) is 4.67. The van der Waals surface area contributed by atoms with Crippen LogP contribution < -0.4 is 10.1 Å². The molecule has 26 heavy (non-hydrogen) atoms. The van der Waals surface area contributed by atoms with E-state index in [4.69, 9.17) is 20.8 Å². The van der Waals surface area contributed by atoms with E-state index in [0.717, 1.165) is 0 Å². The number of furan rings is 1. The van der Waals surface area contributed by atoms with E-state index in [1.807, 2.05) is 0 Å². The zero-order valence-corrected chi connectivity index (χ0v) is 14.1. The van der Waals surface area contributed by atoms with Crippen LogP contribution >= 0.6 is 11.6 Å². The normalized spacial score (nSPS) is 10.3. The van der Waals surface area contributed by atoms with Gasteiger partial charge in [0.15, 0.2) is 5.76 Å². The predicted molar refractivity (Wildman–Crippen MR) is 95.5 cm³/mol. The first-order valence-corrected chi connectivity index (χ1v) is 7.92. The first kappa shape index (κ1) is 17.5. The Balaban J connectivity index is 1.66. The number of carbonyl (C=O) groups excluding carboxylic acids is 1. The number of hydrogen-bond donors (Lipinski definition) is 1. The molecule has 0 bridgehead atoms. The van der Waals surface area contributed by atoms with E-state index in [0.29, 0.717) is 16.5 Å². The summed E-state index contributed by atoms with van der Waals surface area (Å²) in [5, 5.41) is 14.0. The van der Waals surface area contributed by atoms with E-state index in [-0.39, 0.29) is 23.7 Å². The van der Waals surface area contributed by atoms with Crippen molar-refractivity contribution >= 4 is 28.9 Å². The number of ether oxygens (including phenoxy) is 1. The lowest BCUT2D eigenvalue weighted by Gasteiger charge is -2.05. The van der Waals surface area contributed by atoms with Crippen molar-refractivity contribution in [3.63, 3.8) is 0 Å². The minimum atomic E-state index is -0.590. The van der Waals surface area contributed by atoms with Crippen molar-refractivity contribution in [2.45, 2.75) is 6.61 Å². The van der Waals surface area contributed by atoms with E-state index >= 15 is 0 Å². The maximum atomic E-state index is 12.2. The lowest BCUT2D eigenvalue weighted by Crippen LogP contribution is -2.12. The number of nitro benzene ring substituents is 1. The molecule has 3 rings (SSSR count). The number of nitrogens with zero attached hydrogens (tertiary/aromatic N) is 1. The highest BCUT2D eigenvalue weighted by Crippen LogP contribution is 2.24. The molecular weight excluding hydrogens is 360 g/mol. The Morgan fingerprint density at radius 1 is 1.15 bits per heavy atom. The van der Waals surface area contributed by atoms with Crippen LogP contribution in [0.4, 0.5) is 11.4 Å². The summed E-state index contributed by atoms with van der Waals surface area (Å²) in [5.74, 6) is 0.429. The van der Waals surface area contributed by atoms with Crippen molar-refractivity contribution in [2.24, 2.45) is 0 Å². The molecule has 0 radical (unpaired) electrons. The maximum absolute atomic E-state index is 12.2. The van der Waals surface area contributed by atoms with Gasteiger partial charge in [-0.05, 0) is 36.4 Å². The lowest BCUT2D eigenvalue weighted by molar-refractivity contribution is -0.383. The molecule has 0 aliphatic heterocycles. The van der Waals surface area contributed by atoms with Crippen molar-refractivity contribution in [2.75, 3.05) is 5.32 Å². The maximum Gasteiger partial charge on any atom is 0.292 e. The van der Waals surface area contributed by atoms with Crippen molar-refractivity contribution < 1.29 is 18.9 Å². The smallest absolute Gasteiger partial charge is 0.292 e. The Hall–Kier alpha value is -3.32. The molecule has 7 nitrogen and oxygen atoms in total. The number of halogens is 1. The summed E-state index contributed by atoms with van der Waals surface area (Å²) < 4.78 is 11.0. The molecular formula is C18H13ClN2O5. The summed E-state index contributed by atoms with van der Waals surface area (Å²) in [7, 11) is 0. The number of carbonyl (C=O) groups is 1. The number of nitrogens with one attached hydrogen (secondary N) is 1. The van der Waals surface area contributed by atoms with Gasteiger partial charge >= 0.3 is 0 Å². The average Bonchev–Trinajstić information content (AvgIpc) is 3.09. The fraction of sp³-hybridized carbons (Fsp3) is 0.0556. The van der Waals surface area contributed by atoms with Gasteiger partial charge in [0.05, 0.1) is 4.92 Å². The van der Waals surface area contributed by atoms with E-state index < -0.39 is 10.8 Å². The second-order valence-corrected chi connectivity index (χ2v) is 5.68. The minimum Gasteiger partial charge on any atom is -0.486 e. The summed E-state index contributed by atoms with van der Waals surface area (Å²) in [6.45, 7) is 0.110. The number of amides is 1. The molecule has 0 aliphatic carbocycles. The number of benzene rings is 2. The molecule has 1 amide bonds. The van der Waals surface area contributed by atoms with Crippen LogP contribution in [0.2, 0.25) is 5.02 Å². The van der Waals surface area contributed by atoms with Gasteiger partial charge in [-0.2, -0.15) is 0 Å². The van der Waals surface area contributed by atoms with Gasteiger partial charge < -0.3 is 14.5 Å². The highest BCUT2D eigenvalue weighted by molar-refractivity contribution is 6.30. The molecule has 0 spiro atoms. The van der Waals surface area contributed by atoms with Crippen molar-refractivity contribution in [3.05, 3.63) is 87.3 Å². The Morgan fingerprint density at radius 3 is 2.73 bits per heavy atom. The van der Waals surface area contributed by atoms with Gasteiger partial charge in [-0.15, -0.1) is 0 Å². The van der Waals surface area contributed by atoms with Crippen molar-refractivity contribution in [1.29, 1.82) is 0 Å². The van der Waals surface area contributed by atoms with E-state index in [2.05, 4.69) is 5.32 Å². The third kappa shape index (κ3) is 4.20. The van der Waals surface area contributed by atoms with Crippen molar-refractivity contribution in [3.8, 4) is 5.75 Å². The van der Waals surface area contributed by atoms with Gasteiger partial charge in [0.2, 0.25) is 0 Å². The summed E-state index contributed by atoms with van der Waals surface area (Å²) in [4.78, 5) is 22.7. The summed E-state index contributed by atoms with van der Waals surface area (Å²) in [6, 6.07) is 15.8. The molecule has 0 unspecified atom stereocenters. The van der Waals surface area contributed by atoms with Crippen LogP contribution in [0, 0.1) is 10.1 Å². The SMILES string of the molecule is O=C(Nc1ccccc1[N+](=O)[O-])c1ccc(COc2cccc(Cl)c2)o1. The van der Waals surface area contributed by atoms with Gasteiger partial charge in [0, 0.05) is 11.1 Å². The third-order valence-corrected chi connectivity index (χ3v) is 3.65. The quantitative estimate of drug-likeness (QED) is 0.501. The molecule has 0 atom stereocenters. The number of para-hydroxylation sites is 2. The molecule has 8 heteroatoms. The van der Waals surface area contributed by atoms with Crippen LogP contribution in [0.25, 0.3) is 0 Å². The molecule has 1 aromatic heterocycles. The molecule has 0 saturated carbocycles. The second kappa shape index (κ2) is 7.71. The first-order chi connectivity index (χ1) is 12.5. The van der Waals surface area contributed by atoms with Crippen LogP contribution in [0.3, 0.4) is 0 Å². The zero-order valence-electron chi connectivity index (χ0n) is 13.3. The van der Waals surface area contributed by atoms with Gasteiger partial charge in [0.1, 0.15) is 23.8 Å². The van der Waals surface area contributed by atoms with Crippen molar-refractivity contribution in [1.82, 2.24) is 0 Å². The number of rotatable bonds is 6. The van der Waals surface area contributed by atoms with Gasteiger partial charge in [-0.3, -0.25) is 14.9 Å². The van der Waals surface area contributed by atoms with Gasteiger partial charge in [-0.1, -0.05) is 29.8 Å². The van der Waals surface area contributed by atoms with Crippen LogP contribution in [0.1, 0.15) is 16.3 Å². The molecule has 1 N–H and O–H groups in total. The number of anilines is 1. The van der Waals surface area contributed by atoms with Crippen LogP contribution in [-0.2, 0) is 6.61 Å². The van der Waals surface area contributed by atoms with E-state index in [9.17, 15) is 14.9 Å². The number of hydrogen-bond acceptors (Lipinski definition) is 5. The largest absolute Gasteiger partial charge is 0.486 e. The molecule has 0 fully saturated rings. The van der Waals surface area contributed by atoms with Crippen LogP contribution in [0.15, 0.2) is 65.1 Å². The topological polar surface area (TPSA) is 94.6 Å². The highest BCUT2D eigenvalue weighted by Gasteiger charge is 2.18. The average molecular weight is 373 g/mol. The fourth-order valence-electron chi connectivity index (χ4n) is 2.21. The van der Waals surface area contributed by atoms with Crippen LogP contribution in [0.5, 0.6) is 5.75 Å². The Bertz CT molecular complexity index is 954. The zero-order chi connectivity index (χ0) is 18.5. The standard InChI is InChI=1S/C18H13ClN2O5/c19-12-4-3-5-13(10-12)25-11-14-8-9-17(26-14)18(22)20-15-6-1-2-7-16(15)21(23)24/h1-10H,11H2,(H,20,22). The summed E-state index contributed by atoms with van der Waals surface area (Å²) >= 11 is 5.88. The number of nitro groups is 1. The lowest BCUT2D eigenvalue weighted by atomic mass is 10.2. The Kier molecular flexibility index (Phi) is 5.19. The summed E-state index contributed by atoms with van der Waals surface area (Å²) in [5.41, 5.74) is -0.104. The first-order valence-electron chi connectivity index (χ1n) is 7.55. The fourth-order valence-corrected chi connectivity index (χ4v) is 2.39. The molecule has 1 heterocycles. The molecule has 0 aliphatic rings. The Morgan fingerprint density at radius 2 is 1.96 bits per heavy atom. The molecule has 3 aromatic rings. The molecule has 0 saturated heterocycles. The minimum absolute atomic E-state index is 0.0212.